The quantitative estimate of drug-likeness (QED) is 0.857. The zero-order valence-electron chi connectivity index (χ0n) is 11.1. The Morgan fingerprint density at radius 2 is 2.00 bits per heavy atom. The third kappa shape index (κ3) is 3.19. The maximum atomic E-state index is 12.2. The van der Waals surface area contributed by atoms with Crippen molar-refractivity contribution >= 4 is 5.91 Å². The number of amides is 1. The largest absolute Gasteiger partial charge is 0.506 e. The Labute approximate surface area is 102 Å². The van der Waals surface area contributed by atoms with Crippen LogP contribution in [0.1, 0.15) is 38.1 Å². The van der Waals surface area contributed by atoms with Gasteiger partial charge in [-0.05, 0) is 18.4 Å². The highest BCUT2D eigenvalue weighted by molar-refractivity contribution is 5.94. The summed E-state index contributed by atoms with van der Waals surface area (Å²) in [7, 11) is 1.77. The molecule has 1 amide bonds. The van der Waals surface area contributed by atoms with Gasteiger partial charge < -0.3 is 10.0 Å². The summed E-state index contributed by atoms with van der Waals surface area (Å²) in [6, 6.07) is 1.53. The summed E-state index contributed by atoms with van der Waals surface area (Å²) in [6.07, 6.45) is 2.78. The number of aromatic nitrogens is 1. The van der Waals surface area contributed by atoms with Crippen molar-refractivity contribution in [1.82, 2.24) is 9.88 Å². The molecule has 0 saturated heterocycles. The highest BCUT2D eigenvalue weighted by Crippen LogP contribution is 2.24. The van der Waals surface area contributed by atoms with Crippen molar-refractivity contribution in [2.45, 2.75) is 33.7 Å². The van der Waals surface area contributed by atoms with Crippen LogP contribution < -0.4 is 0 Å². The SMILES string of the molecule is CC(N(C)C(=O)c1cncc(O)c1)C(C)(C)C. The third-order valence-corrected chi connectivity index (χ3v) is 3.13. The van der Waals surface area contributed by atoms with Gasteiger partial charge in [0.1, 0.15) is 5.75 Å². The summed E-state index contributed by atoms with van der Waals surface area (Å²) in [5.41, 5.74) is 0.415. The Hall–Kier alpha value is -1.58. The van der Waals surface area contributed by atoms with E-state index in [-0.39, 0.29) is 23.1 Å². The molecule has 4 heteroatoms. The van der Waals surface area contributed by atoms with Crippen molar-refractivity contribution in [2.75, 3.05) is 7.05 Å². The predicted molar refractivity (Wildman–Crippen MR) is 66.9 cm³/mol. The molecule has 0 fully saturated rings. The first-order chi connectivity index (χ1) is 7.73. The van der Waals surface area contributed by atoms with Crippen molar-refractivity contribution < 1.29 is 9.90 Å². The lowest BCUT2D eigenvalue weighted by atomic mass is 9.87. The zero-order valence-corrected chi connectivity index (χ0v) is 11.1. The van der Waals surface area contributed by atoms with E-state index in [2.05, 4.69) is 25.8 Å². The number of rotatable bonds is 2. The lowest BCUT2D eigenvalue weighted by Crippen LogP contribution is -2.42. The van der Waals surface area contributed by atoms with Crippen LogP contribution in [0.2, 0.25) is 0 Å². The van der Waals surface area contributed by atoms with Crippen molar-refractivity contribution in [1.29, 1.82) is 0 Å². The van der Waals surface area contributed by atoms with Gasteiger partial charge in [-0.25, -0.2) is 0 Å². The smallest absolute Gasteiger partial charge is 0.255 e. The van der Waals surface area contributed by atoms with Gasteiger partial charge in [-0.15, -0.1) is 0 Å². The number of hydrogen-bond donors (Lipinski definition) is 1. The Balaban J connectivity index is 2.91. The van der Waals surface area contributed by atoms with Crippen LogP contribution in [0, 0.1) is 5.41 Å². The van der Waals surface area contributed by atoms with Crippen LogP contribution >= 0.6 is 0 Å². The van der Waals surface area contributed by atoms with Gasteiger partial charge in [0.25, 0.3) is 5.91 Å². The molecule has 94 valence electrons. The first-order valence-corrected chi connectivity index (χ1v) is 5.64. The summed E-state index contributed by atoms with van der Waals surface area (Å²) in [4.78, 5) is 17.6. The molecule has 0 spiro atoms. The summed E-state index contributed by atoms with van der Waals surface area (Å²) in [5, 5.41) is 9.31. The second-order valence-corrected chi connectivity index (χ2v) is 5.39. The lowest BCUT2D eigenvalue weighted by Gasteiger charge is -2.35. The molecule has 0 saturated carbocycles. The van der Waals surface area contributed by atoms with E-state index in [1.54, 1.807) is 11.9 Å². The first-order valence-electron chi connectivity index (χ1n) is 5.64. The summed E-state index contributed by atoms with van der Waals surface area (Å²) in [6.45, 7) is 8.26. The van der Waals surface area contributed by atoms with Gasteiger partial charge in [-0.1, -0.05) is 20.8 Å². The minimum Gasteiger partial charge on any atom is -0.506 e. The fourth-order valence-corrected chi connectivity index (χ4v) is 1.51. The van der Waals surface area contributed by atoms with Gasteiger partial charge in [-0.2, -0.15) is 0 Å². The van der Waals surface area contributed by atoms with E-state index < -0.39 is 0 Å². The van der Waals surface area contributed by atoms with E-state index in [4.69, 9.17) is 0 Å². The number of hydrogen-bond acceptors (Lipinski definition) is 3. The van der Waals surface area contributed by atoms with Crippen LogP contribution in [0.3, 0.4) is 0 Å². The molecule has 17 heavy (non-hydrogen) atoms. The molecule has 0 bridgehead atoms. The van der Waals surface area contributed by atoms with Crippen LogP contribution in [0.25, 0.3) is 0 Å². The van der Waals surface area contributed by atoms with Gasteiger partial charge in [0.05, 0.1) is 11.8 Å². The van der Waals surface area contributed by atoms with Gasteiger partial charge in [0.2, 0.25) is 0 Å². The average Bonchev–Trinajstić information content (AvgIpc) is 2.25. The van der Waals surface area contributed by atoms with Crippen molar-refractivity contribution in [2.24, 2.45) is 5.41 Å². The topological polar surface area (TPSA) is 53.4 Å². The molecular weight excluding hydrogens is 216 g/mol. The minimum absolute atomic E-state index is 0.00709. The number of carbonyl (C=O) groups excluding carboxylic acids is 1. The highest BCUT2D eigenvalue weighted by Gasteiger charge is 2.27. The molecule has 1 N–H and O–H groups in total. The average molecular weight is 236 g/mol. The van der Waals surface area contributed by atoms with E-state index in [1.165, 1.54) is 18.5 Å². The Bertz CT molecular complexity index is 410. The third-order valence-electron chi connectivity index (χ3n) is 3.13. The molecule has 1 rings (SSSR count). The molecule has 4 nitrogen and oxygen atoms in total. The van der Waals surface area contributed by atoms with E-state index in [0.717, 1.165) is 0 Å². The summed E-state index contributed by atoms with van der Waals surface area (Å²) >= 11 is 0. The van der Waals surface area contributed by atoms with Crippen LogP contribution in [0.4, 0.5) is 0 Å². The number of carbonyl (C=O) groups is 1. The zero-order chi connectivity index (χ0) is 13.2. The summed E-state index contributed by atoms with van der Waals surface area (Å²) < 4.78 is 0. The van der Waals surface area contributed by atoms with Crippen LogP contribution in [-0.2, 0) is 0 Å². The van der Waals surface area contributed by atoms with E-state index >= 15 is 0 Å². The molecule has 0 aliphatic rings. The van der Waals surface area contributed by atoms with E-state index in [1.807, 2.05) is 6.92 Å². The van der Waals surface area contributed by atoms with Crippen molar-refractivity contribution in [3.63, 3.8) is 0 Å². The molecular formula is C13H20N2O2. The normalized spacial score (nSPS) is 13.2. The molecule has 1 atom stereocenters. The Morgan fingerprint density at radius 3 is 2.47 bits per heavy atom. The fourth-order valence-electron chi connectivity index (χ4n) is 1.51. The number of aromatic hydroxyl groups is 1. The Morgan fingerprint density at radius 1 is 1.41 bits per heavy atom. The van der Waals surface area contributed by atoms with Gasteiger partial charge >= 0.3 is 0 Å². The summed E-state index contributed by atoms with van der Waals surface area (Å²) in [5.74, 6) is -0.122. The monoisotopic (exact) mass is 236 g/mol. The lowest BCUT2D eigenvalue weighted by molar-refractivity contribution is 0.0628. The molecule has 1 heterocycles. The molecule has 0 aromatic carbocycles. The minimum atomic E-state index is -0.129. The van der Waals surface area contributed by atoms with Gasteiger partial charge in [-0.3, -0.25) is 9.78 Å². The van der Waals surface area contributed by atoms with Crippen molar-refractivity contribution in [3.05, 3.63) is 24.0 Å². The van der Waals surface area contributed by atoms with Crippen LogP contribution in [0.5, 0.6) is 5.75 Å². The molecule has 0 aliphatic heterocycles. The standard InChI is InChI=1S/C13H20N2O2/c1-9(13(2,3)4)15(5)12(17)10-6-11(16)8-14-7-10/h6-9,16H,1-5H3. The van der Waals surface area contributed by atoms with Gasteiger partial charge in [0, 0.05) is 19.3 Å². The molecule has 0 radical (unpaired) electrons. The van der Waals surface area contributed by atoms with Crippen LogP contribution in [0.15, 0.2) is 18.5 Å². The molecule has 1 aromatic rings. The maximum absolute atomic E-state index is 12.2. The molecule has 1 unspecified atom stereocenters. The van der Waals surface area contributed by atoms with Crippen LogP contribution in [-0.4, -0.2) is 34.0 Å². The van der Waals surface area contributed by atoms with Gasteiger partial charge in [0.15, 0.2) is 0 Å². The fraction of sp³-hybridized carbons (Fsp3) is 0.538. The Kier molecular flexibility index (Phi) is 3.76. The van der Waals surface area contributed by atoms with E-state index in [0.29, 0.717) is 5.56 Å². The number of nitrogens with zero attached hydrogens (tertiary/aromatic N) is 2. The molecule has 1 aromatic heterocycles. The first kappa shape index (κ1) is 13.5. The molecule has 0 aliphatic carbocycles. The van der Waals surface area contributed by atoms with Crippen molar-refractivity contribution in [3.8, 4) is 5.75 Å². The second-order valence-electron chi connectivity index (χ2n) is 5.39. The highest BCUT2D eigenvalue weighted by atomic mass is 16.3. The number of pyridine rings is 1. The maximum Gasteiger partial charge on any atom is 0.255 e. The van der Waals surface area contributed by atoms with E-state index in [9.17, 15) is 9.90 Å². The second kappa shape index (κ2) is 4.73. The predicted octanol–water partition coefficient (Wildman–Crippen LogP) is 2.29.